The Morgan fingerprint density at radius 2 is 2.19 bits per heavy atom. The molecule has 2 rings (SSSR count). The highest BCUT2D eigenvalue weighted by Gasteiger charge is 2.37. The first-order valence-electron chi connectivity index (χ1n) is 7.20. The van der Waals surface area contributed by atoms with E-state index in [0.29, 0.717) is 31.1 Å². The van der Waals surface area contributed by atoms with Crippen LogP contribution < -0.4 is 5.32 Å². The van der Waals surface area contributed by atoms with Gasteiger partial charge in [0, 0.05) is 24.5 Å². The van der Waals surface area contributed by atoms with E-state index in [1.807, 2.05) is 33.1 Å². The summed E-state index contributed by atoms with van der Waals surface area (Å²) in [4.78, 5) is 1.37. The molecule has 0 bridgehead atoms. The summed E-state index contributed by atoms with van der Waals surface area (Å²) in [5, 5.41) is 5.13. The minimum Gasteiger partial charge on any atom is -0.373 e. The van der Waals surface area contributed by atoms with E-state index in [9.17, 15) is 8.42 Å². The molecule has 1 aliphatic rings. The maximum Gasteiger partial charge on any atom is 0.244 e. The van der Waals surface area contributed by atoms with Gasteiger partial charge in [-0.15, -0.1) is 11.3 Å². The molecular formula is C14H24N2O3S2. The molecule has 0 atom stereocenters. The summed E-state index contributed by atoms with van der Waals surface area (Å²) in [6, 6.07) is 0. The summed E-state index contributed by atoms with van der Waals surface area (Å²) >= 11 is 1.51. The van der Waals surface area contributed by atoms with Crippen molar-refractivity contribution in [3.63, 3.8) is 0 Å². The van der Waals surface area contributed by atoms with Crippen molar-refractivity contribution in [1.29, 1.82) is 0 Å². The number of aryl methyl sites for hydroxylation is 1. The number of morpholine rings is 1. The third-order valence-corrected chi connectivity index (χ3v) is 6.82. The maximum absolute atomic E-state index is 13.0. The van der Waals surface area contributed by atoms with Crippen LogP contribution in [0.1, 0.15) is 31.2 Å². The quantitative estimate of drug-likeness (QED) is 0.895. The fourth-order valence-electron chi connectivity index (χ4n) is 2.50. The number of nitrogens with one attached hydrogen (secondary N) is 1. The van der Waals surface area contributed by atoms with E-state index < -0.39 is 15.6 Å². The van der Waals surface area contributed by atoms with E-state index in [2.05, 4.69) is 5.32 Å². The largest absolute Gasteiger partial charge is 0.373 e. The Kier molecular flexibility index (Phi) is 5.10. The van der Waals surface area contributed by atoms with Gasteiger partial charge in [-0.25, -0.2) is 8.42 Å². The standard InChI is InChI=1S/C14H24N2O3S2/c1-5-15-8-12-13(11(2)9-20-12)21(17,18)16-6-7-19-14(3,4)10-16/h9,15H,5-8,10H2,1-4H3. The van der Waals surface area contributed by atoms with Crippen LogP contribution in [0.2, 0.25) is 0 Å². The van der Waals surface area contributed by atoms with Crippen LogP contribution in [0.5, 0.6) is 0 Å². The van der Waals surface area contributed by atoms with Crippen molar-refractivity contribution >= 4 is 21.4 Å². The number of nitrogens with zero attached hydrogens (tertiary/aromatic N) is 1. The number of ether oxygens (including phenoxy) is 1. The van der Waals surface area contributed by atoms with Gasteiger partial charge in [-0.2, -0.15) is 4.31 Å². The summed E-state index contributed by atoms with van der Waals surface area (Å²) < 4.78 is 33.2. The molecular weight excluding hydrogens is 308 g/mol. The molecule has 1 aromatic heterocycles. The Morgan fingerprint density at radius 3 is 2.81 bits per heavy atom. The van der Waals surface area contributed by atoms with Gasteiger partial charge in [0.15, 0.2) is 0 Å². The van der Waals surface area contributed by atoms with Crippen molar-refractivity contribution in [3.05, 3.63) is 15.8 Å². The summed E-state index contributed by atoms with van der Waals surface area (Å²) in [6.07, 6.45) is 0. The van der Waals surface area contributed by atoms with Gasteiger partial charge in [-0.1, -0.05) is 6.92 Å². The Labute approximate surface area is 131 Å². The lowest BCUT2D eigenvalue weighted by molar-refractivity contribution is -0.0640. The second-order valence-electron chi connectivity index (χ2n) is 5.90. The zero-order valence-electron chi connectivity index (χ0n) is 13.1. The van der Waals surface area contributed by atoms with E-state index in [1.165, 1.54) is 11.3 Å². The van der Waals surface area contributed by atoms with Crippen molar-refractivity contribution in [3.8, 4) is 0 Å². The van der Waals surface area contributed by atoms with Crippen LogP contribution in [0.25, 0.3) is 0 Å². The van der Waals surface area contributed by atoms with E-state index >= 15 is 0 Å². The van der Waals surface area contributed by atoms with Gasteiger partial charge in [-0.05, 0) is 38.3 Å². The van der Waals surface area contributed by atoms with Crippen LogP contribution in [-0.4, -0.2) is 44.6 Å². The number of thiophene rings is 1. The summed E-state index contributed by atoms with van der Waals surface area (Å²) in [7, 11) is -3.46. The molecule has 2 heterocycles. The molecule has 0 aromatic carbocycles. The number of rotatable bonds is 5. The van der Waals surface area contributed by atoms with E-state index in [4.69, 9.17) is 4.74 Å². The SMILES string of the molecule is CCNCc1scc(C)c1S(=O)(=O)N1CCOC(C)(C)C1. The average Bonchev–Trinajstić information content (AvgIpc) is 2.77. The molecule has 0 saturated carbocycles. The minimum atomic E-state index is -3.46. The zero-order chi connectivity index (χ0) is 15.7. The molecule has 1 aromatic rings. The van der Waals surface area contributed by atoms with Crippen LogP contribution in [-0.2, 0) is 21.3 Å². The van der Waals surface area contributed by atoms with Crippen LogP contribution in [0.4, 0.5) is 0 Å². The fourth-order valence-corrected chi connectivity index (χ4v) is 5.81. The molecule has 0 amide bonds. The Bertz CT molecular complexity index is 593. The Morgan fingerprint density at radius 1 is 1.48 bits per heavy atom. The summed E-state index contributed by atoms with van der Waals surface area (Å²) in [5.74, 6) is 0. The van der Waals surface area contributed by atoms with Crippen LogP contribution >= 0.6 is 11.3 Å². The van der Waals surface area contributed by atoms with E-state index in [0.717, 1.165) is 17.0 Å². The van der Waals surface area contributed by atoms with Gasteiger partial charge < -0.3 is 10.1 Å². The first kappa shape index (κ1) is 16.9. The van der Waals surface area contributed by atoms with Gasteiger partial charge in [0.05, 0.1) is 12.2 Å². The molecule has 7 heteroatoms. The number of sulfonamides is 1. The zero-order valence-corrected chi connectivity index (χ0v) is 14.7. The van der Waals surface area contributed by atoms with Crippen LogP contribution in [0.3, 0.4) is 0 Å². The van der Waals surface area contributed by atoms with Crippen LogP contribution in [0.15, 0.2) is 10.3 Å². The highest BCUT2D eigenvalue weighted by atomic mass is 32.2. The highest BCUT2D eigenvalue weighted by molar-refractivity contribution is 7.89. The molecule has 21 heavy (non-hydrogen) atoms. The van der Waals surface area contributed by atoms with Gasteiger partial charge in [0.25, 0.3) is 0 Å². The molecule has 1 fully saturated rings. The second kappa shape index (κ2) is 6.34. The lowest BCUT2D eigenvalue weighted by atomic mass is 10.1. The van der Waals surface area contributed by atoms with Gasteiger partial charge in [0.2, 0.25) is 10.0 Å². The second-order valence-corrected chi connectivity index (χ2v) is 8.74. The van der Waals surface area contributed by atoms with E-state index in [1.54, 1.807) is 4.31 Å². The average molecular weight is 332 g/mol. The Hall–Kier alpha value is -0.470. The van der Waals surface area contributed by atoms with Crippen molar-refractivity contribution in [2.24, 2.45) is 0 Å². The monoisotopic (exact) mass is 332 g/mol. The minimum absolute atomic E-state index is 0.394. The maximum atomic E-state index is 13.0. The molecule has 1 N–H and O–H groups in total. The third-order valence-electron chi connectivity index (χ3n) is 3.51. The highest BCUT2D eigenvalue weighted by Crippen LogP contribution is 2.31. The summed E-state index contributed by atoms with van der Waals surface area (Å²) in [5.41, 5.74) is 0.397. The lowest BCUT2D eigenvalue weighted by Crippen LogP contribution is -2.50. The molecule has 5 nitrogen and oxygen atoms in total. The molecule has 0 unspecified atom stereocenters. The van der Waals surface area contributed by atoms with Gasteiger partial charge in [-0.3, -0.25) is 0 Å². The third kappa shape index (κ3) is 3.65. The normalized spacial score (nSPS) is 19.8. The van der Waals surface area contributed by atoms with Crippen molar-refractivity contribution in [2.75, 3.05) is 26.2 Å². The number of hydrogen-bond acceptors (Lipinski definition) is 5. The fraction of sp³-hybridized carbons (Fsp3) is 0.714. The Balaban J connectivity index is 2.33. The van der Waals surface area contributed by atoms with Gasteiger partial charge in [0.1, 0.15) is 4.90 Å². The van der Waals surface area contributed by atoms with Crippen LogP contribution in [0, 0.1) is 6.92 Å². The molecule has 120 valence electrons. The van der Waals surface area contributed by atoms with Crippen molar-refractivity contribution in [2.45, 2.75) is 44.7 Å². The first-order valence-corrected chi connectivity index (χ1v) is 9.51. The lowest BCUT2D eigenvalue weighted by Gasteiger charge is -2.37. The molecule has 1 aliphatic heterocycles. The predicted molar refractivity (Wildman–Crippen MR) is 85.2 cm³/mol. The molecule has 1 saturated heterocycles. The molecule has 0 radical (unpaired) electrons. The van der Waals surface area contributed by atoms with E-state index in [-0.39, 0.29) is 0 Å². The molecule has 0 aliphatic carbocycles. The van der Waals surface area contributed by atoms with Gasteiger partial charge >= 0.3 is 0 Å². The summed E-state index contributed by atoms with van der Waals surface area (Å²) in [6.45, 7) is 10.4. The molecule has 0 spiro atoms. The topological polar surface area (TPSA) is 58.6 Å². The number of hydrogen-bond donors (Lipinski definition) is 1. The first-order chi connectivity index (χ1) is 9.78. The van der Waals surface area contributed by atoms with Crippen molar-refractivity contribution in [1.82, 2.24) is 9.62 Å². The van der Waals surface area contributed by atoms with Crippen molar-refractivity contribution < 1.29 is 13.2 Å². The predicted octanol–water partition coefficient (Wildman–Crippen LogP) is 1.97. The smallest absolute Gasteiger partial charge is 0.244 e.